The van der Waals surface area contributed by atoms with Crippen LogP contribution in [0, 0.1) is 11.8 Å². The zero-order valence-corrected chi connectivity index (χ0v) is 12.7. The van der Waals surface area contributed by atoms with Crippen molar-refractivity contribution in [2.45, 2.75) is 33.7 Å². The first-order valence-corrected chi connectivity index (χ1v) is 7.11. The fourth-order valence-electron chi connectivity index (χ4n) is 2.60. The van der Waals surface area contributed by atoms with Gasteiger partial charge in [0.05, 0.1) is 10.9 Å². The van der Waals surface area contributed by atoms with Gasteiger partial charge >= 0.3 is 0 Å². The molecule has 1 heterocycles. The van der Waals surface area contributed by atoms with E-state index < -0.39 is 0 Å². The smallest absolute Gasteiger partial charge is 0.232 e. The van der Waals surface area contributed by atoms with Crippen molar-refractivity contribution in [3.8, 4) is 0 Å². The van der Waals surface area contributed by atoms with Crippen LogP contribution in [-0.4, -0.2) is 52.9 Å². The van der Waals surface area contributed by atoms with Gasteiger partial charge in [0.2, 0.25) is 5.91 Å². The predicted molar refractivity (Wildman–Crippen MR) is 78.4 cm³/mol. The quantitative estimate of drug-likeness (QED) is 0.778. The maximum Gasteiger partial charge on any atom is 0.232 e. The van der Waals surface area contributed by atoms with E-state index >= 15 is 0 Å². The molecule has 104 valence electrons. The summed E-state index contributed by atoms with van der Waals surface area (Å²) in [6.07, 6.45) is 0. The lowest BCUT2D eigenvalue weighted by molar-refractivity contribution is -0.137. The van der Waals surface area contributed by atoms with Crippen molar-refractivity contribution in [1.82, 2.24) is 9.80 Å². The predicted octanol–water partition coefficient (Wildman–Crippen LogP) is 1.10. The summed E-state index contributed by atoms with van der Waals surface area (Å²) in [6, 6.07) is 0.409. The Labute approximate surface area is 115 Å². The highest BCUT2D eigenvalue weighted by atomic mass is 32.1. The number of piperazine rings is 1. The Bertz CT molecular complexity index is 319. The number of rotatable bonds is 4. The second-order valence-electron chi connectivity index (χ2n) is 5.39. The largest absolute Gasteiger partial charge is 0.393 e. The third kappa shape index (κ3) is 3.42. The molecular formula is C13H25N3OS. The van der Waals surface area contributed by atoms with E-state index in [2.05, 4.69) is 18.7 Å². The number of carbonyl (C=O) groups is 1. The number of thiocarbonyl (C=S) groups is 1. The minimum atomic E-state index is -0.319. The Balaban J connectivity index is 2.70. The summed E-state index contributed by atoms with van der Waals surface area (Å²) in [6.45, 7) is 11.8. The summed E-state index contributed by atoms with van der Waals surface area (Å²) in [5.74, 6) is -0.0602. The molecular weight excluding hydrogens is 246 g/mol. The summed E-state index contributed by atoms with van der Waals surface area (Å²) in [7, 11) is 0. The molecule has 2 unspecified atom stereocenters. The summed E-state index contributed by atoms with van der Waals surface area (Å²) < 4.78 is 0. The average molecular weight is 271 g/mol. The fraction of sp³-hybridized carbons (Fsp3) is 0.846. The molecule has 18 heavy (non-hydrogen) atoms. The van der Waals surface area contributed by atoms with Crippen LogP contribution in [0.25, 0.3) is 0 Å². The average Bonchev–Trinajstić information content (AvgIpc) is 2.27. The van der Waals surface area contributed by atoms with Crippen molar-refractivity contribution in [1.29, 1.82) is 0 Å². The van der Waals surface area contributed by atoms with Crippen LogP contribution in [0.1, 0.15) is 27.7 Å². The Hall–Kier alpha value is -0.680. The van der Waals surface area contributed by atoms with Gasteiger partial charge in [-0.3, -0.25) is 9.69 Å². The highest BCUT2D eigenvalue weighted by Crippen LogP contribution is 2.18. The van der Waals surface area contributed by atoms with Crippen LogP contribution < -0.4 is 5.73 Å². The molecule has 0 saturated carbocycles. The SMILES string of the molecule is CCN1CCN(C(=O)C(C(N)=S)C(C)C)CC1C. The lowest BCUT2D eigenvalue weighted by Gasteiger charge is -2.40. The highest BCUT2D eigenvalue weighted by Gasteiger charge is 2.33. The van der Waals surface area contributed by atoms with Crippen molar-refractivity contribution < 1.29 is 4.79 Å². The van der Waals surface area contributed by atoms with Crippen LogP contribution in [0.4, 0.5) is 0 Å². The molecule has 1 fully saturated rings. The molecule has 4 nitrogen and oxygen atoms in total. The Morgan fingerprint density at radius 2 is 2.06 bits per heavy atom. The second-order valence-corrected chi connectivity index (χ2v) is 5.86. The van der Waals surface area contributed by atoms with E-state index in [4.69, 9.17) is 18.0 Å². The summed E-state index contributed by atoms with van der Waals surface area (Å²) >= 11 is 5.03. The fourth-order valence-corrected chi connectivity index (χ4v) is 2.97. The summed E-state index contributed by atoms with van der Waals surface area (Å²) in [5, 5.41) is 0. The standard InChI is InChI=1S/C13H25N3OS/c1-5-15-6-7-16(8-10(15)4)13(17)11(9(2)3)12(14)18/h9-11H,5-8H2,1-4H3,(H2,14,18). The van der Waals surface area contributed by atoms with Crippen molar-refractivity contribution in [2.24, 2.45) is 17.6 Å². The van der Waals surface area contributed by atoms with Gasteiger partial charge in [0, 0.05) is 25.7 Å². The van der Waals surface area contributed by atoms with Gasteiger partial charge in [-0.05, 0) is 19.4 Å². The van der Waals surface area contributed by atoms with E-state index in [-0.39, 0.29) is 17.7 Å². The molecule has 0 aromatic heterocycles. The first-order valence-electron chi connectivity index (χ1n) is 6.70. The van der Waals surface area contributed by atoms with Gasteiger partial charge in [-0.2, -0.15) is 0 Å². The minimum absolute atomic E-state index is 0.0973. The van der Waals surface area contributed by atoms with Crippen LogP contribution in [0.2, 0.25) is 0 Å². The molecule has 0 bridgehead atoms. The molecule has 1 saturated heterocycles. The van der Waals surface area contributed by atoms with Gasteiger partial charge < -0.3 is 10.6 Å². The van der Waals surface area contributed by atoms with E-state index in [1.165, 1.54) is 0 Å². The zero-order chi connectivity index (χ0) is 13.9. The number of hydrogen-bond acceptors (Lipinski definition) is 3. The normalized spacial score (nSPS) is 23.2. The highest BCUT2D eigenvalue weighted by molar-refractivity contribution is 7.80. The minimum Gasteiger partial charge on any atom is -0.393 e. The number of carbonyl (C=O) groups excluding carboxylic acids is 1. The molecule has 1 aliphatic rings. The lowest BCUT2D eigenvalue weighted by Crippen LogP contribution is -2.56. The second kappa shape index (κ2) is 6.48. The van der Waals surface area contributed by atoms with Gasteiger partial charge in [-0.25, -0.2) is 0 Å². The van der Waals surface area contributed by atoms with E-state index in [1.54, 1.807) is 0 Å². The molecule has 1 amide bonds. The Morgan fingerprint density at radius 1 is 1.44 bits per heavy atom. The topological polar surface area (TPSA) is 49.6 Å². The third-order valence-electron chi connectivity index (χ3n) is 3.72. The number of nitrogens with zero attached hydrogens (tertiary/aromatic N) is 2. The van der Waals surface area contributed by atoms with E-state index in [1.807, 2.05) is 18.7 Å². The Morgan fingerprint density at radius 3 is 2.44 bits per heavy atom. The lowest BCUT2D eigenvalue weighted by atomic mass is 9.93. The molecule has 5 heteroatoms. The molecule has 0 aromatic rings. The van der Waals surface area contributed by atoms with Crippen LogP contribution >= 0.6 is 12.2 Å². The third-order valence-corrected chi connectivity index (χ3v) is 3.98. The molecule has 0 spiro atoms. The molecule has 2 atom stereocenters. The molecule has 0 aliphatic carbocycles. The first kappa shape index (κ1) is 15.4. The molecule has 0 radical (unpaired) electrons. The maximum absolute atomic E-state index is 12.5. The van der Waals surface area contributed by atoms with Crippen LogP contribution in [0.3, 0.4) is 0 Å². The zero-order valence-electron chi connectivity index (χ0n) is 11.8. The molecule has 2 N–H and O–H groups in total. The van der Waals surface area contributed by atoms with Crippen molar-refractivity contribution in [3.63, 3.8) is 0 Å². The first-order chi connectivity index (χ1) is 8.38. The van der Waals surface area contributed by atoms with Crippen molar-refractivity contribution >= 4 is 23.1 Å². The summed E-state index contributed by atoms with van der Waals surface area (Å²) in [4.78, 5) is 17.1. The van der Waals surface area contributed by atoms with Crippen LogP contribution in [-0.2, 0) is 4.79 Å². The number of hydrogen-bond donors (Lipinski definition) is 1. The monoisotopic (exact) mass is 271 g/mol. The van der Waals surface area contributed by atoms with Gasteiger partial charge in [-0.1, -0.05) is 33.0 Å². The van der Waals surface area contributed by atoms with Gasteiger partial charge in [0.25, 0.3) is 0 Å². The maximum atomic E-state index is 12.5. The number of nitrogens with two attached hydrogens (primary N) is 1. The van der Waals surface area contributed by atoms with E-state index in [0.717, 1.165) is 26.2 Å². The van der Waals surface area contributed by atoms with Crippen molar-refractivity contribution in [3.05, 3.63) is 0 Å². The van der Waals surface area contributed by atoms with Gasteiger partial charge in [-0.15, -0.1) is 0 Å². The van der Waals surface area contributed by atoms with Gasteiger partial charge in [0.15, 0.2) is 0 Å². The molecule has 0 aromatic carbocycles. The molecule has 1 rings (SSSR count). The van der Waals surface area contributed by atoms with E-state index in [0.29, 0.717) is 11.0 Å². The van der Waals surface area contributed by atoms with E-state index in [9.17, 15) is 4.79 Å². The van der Waals surface area contributed by atoms with Crippen LogP contribution in [0.5, 0.6) is 0 Å². The van der Waals surface area contributed by atoms with Crippen molar-refractivity contribution in [2.75, 3.05) is 26.2 Å². The van der Waals surface area contributed by atoms with Gasteiger partial charge in [0.1, 0.15) is 0 Å². The van der Waals surface area contributed by atoms with Crippen LogP contribution in [0.15, 0.2) is 0 Å². The number of amides is 1. The molecule has 1 aliphatic heterocycles. The number of likely N-dealkylation sites (N-methyl/N-ethyl adjacent to an activating group) is 1. The summed E-state index contributed by atoms with van der Waals surface area (Å²) in [5.41, 5.74) is 5.71. The Kier molecular flexibility index (Phi) is 5.53.